The zero-order chi connectivity index (χ0) is 14.8. The zero-order valence-electron chi connectivity index (χ0n) is 11.5. The second kappa shape index (κ2) is 5.62. The van der Waals surface area contributed by atoms with Crippen LogP contribution in [-0.2, 0) is 6.42 Å². The maximum atomic E-state index is 9.28. The van der Waals surface area contributed by atoms with Gasteiger partial charge in [-0.3, -0.25) is 0 Å². The van der Waals surface area contributed by atoms with Crippen molar-refractivity contribution in [2.75, 3.05) is 0 Å². The van der Waals surface area contributed by atoms with Crippen molar-refractivity contribution in [1.29, 1.82) is 0 Å². The molecule has 3 nitrogen and oxygen atoms in total. The van der Waals surface area contributed by atoms with E-state index in [4.69, 9.17) is 16.0 Å². The van der Waals surface area contributed by atoms with E-state index in [0.717, 1.165) is 17.4 Å². The number of nitrogens with zero attached hydrogens (tertiary/aromatic N) is 1. The van der Waals surface area contributed by atoms with E-state index in [2.05, 4.69) is 12.1 Å². The summed E-state index contributed by atoms with van der Waals surface area (Å²) < 4.78 is 5.92. The van der Waals surface area contributed by atoms with E-state index in [1.165, 1.54) is 5.56 Å². The molecule has 0 spiro atoms. The van der Waals surface area contributed by atoms with Gasteiger partial charge in [-0.1, -0.05) is 29.7 Å². The lowest BCUT2D eigenvalue weighted by Crippen LogP contribution is -2.03. The Morgan fingerprint density at radius 2 is 1.86 bits per heavy atom. The third-order valence-corrected chi connectivity index (χ3v) is 3.70. The molecule has 0 atom stereocenters. The fraction of sp³-hybridized carbons (Fsp3) is 0.118. The molecule has 1 N–H and O–H groups in total. The van der Waals surface area contributed by atoms with Gasteiger partial charge in [-0.25, -0.2) is 0 Å². The number of fused-ring (bicyclic) bond motifs is 1. The Bertz CT molecular complexity index is 851. The van der Waals surface area contributed by atoms with Crippen LogP contribution in [0.4, 0.5) is 0 Å². The molecule has 0 amide bonds. The summed E-state index contributed by atoms with van der Waals surface area (Å²) in [5, 5.41) is 14.6. The van der Waals surface area contributed by atoms with Crippen LogP contribution in [0.5, 0.6) is 0 Å². The number of hydrogen-bond acceptors (Lipinski definition) is 3. The molecule has 3 rings (SSSR count). The highest BCUT2D eigenvalue weighted by Crippen LogP contribution is 2.24. The van der Waals surface area contributed by atoms with Crippen LogP contribution in [0.25, 0.3) is 22.3 Å². The molecule has 0 saturated heterocycles. The standard InChI is InChI=1S/C17H14ClNO2/c1-2-11-3-8-16-14(9-11)15(19-20)10-17(21-16)12-4-6-13(18)7-5-12/h3-10,20H,2H2,1H3/b19-15-. The molecule has 106 valence electrons. The first-order chi connectivity index (χ1) is 10.2. The van der Waals surface area contributed by atoms with Gasteiger partial charge in [-0.05, 0) is 48.4 Å². The summed E-state index contributed by atoms with van der Waals surface area (Å²) in [6.07, 6.45) is 0.916. The molecular weight excluding hydrogens is 286 g/mol. The number of benzene rings is 2. The Kier molecular flexibility index (Phi) is 3.67. The monoisotopic (exact) mass is 299 g/mol. The van der Waals surface area contributed by atoms with E-state index >= 15 is 0 Å². The number of rotatable bonds is 2. The van der Waals surface area contributed by atoms with E-state index in [1.807, 2.05) is 30.3 Å². The van der Waals surface area contributed by atoms with Gasteiger partial charge in [0.25, 0.3) is 0 Å². The molecule has 0 bridgehead atoms. The zero-order valence-corrected chi connectivity index (χ0v) is 12.3. The first-order valence-electron chi connectivity index (χ1n) is 6.72. The molecule has 3 aromatic rings. The van der Waals surface area contributed by atoms with E-state index in [0.29, 0.717) is 21.7 Å². The summed E-state index contributed by atoms with van der Waals surface area (Å²) in [4.78, 5) is 0. The number of aryl methyl sites for hydroxylation is 1. The number of hydrogen-bond donors (Lipinski definition) is 1. The van der Waals surface area contributed by atoms with Crippen LogP contribution in [0.3, 0.4) is 0 Å². The average Bonchev–Trinajstić information content (AvgIpc) is 2.54. The molecule has 4 heteroatoms. The first kappa shape index (κ1) is 13.7. The van der Waals surface area contributed by atoms with Gasteiger partial charge < -0.3 is 9.62 Å². The van der Waals surface area contributed by atoms with E-state index < -0.39 is 0 Å². The molecule has 0 aliphatic carbocycles. The van der Waals surface area contributed by atoms with Gasteiger partial charge in [0.2, 0.25) is 0 Å². The van der Waals surface area contributed by atoms with Crippen LogP contribution in [-0.4, -0.2) is 5.21 Å². The van der Waals surface area contributed by atoms with Crippen LogP contribution in [0.2, 0.25) is 5.02 Å². The molecule has 1 heterocycles. The van der Waals surface area contributed by atoms with Gasteiger partial charge in [-0.15, -0.1) is 0 Å². The van der Waals surface area contributed by atoms with Gasteiger partial charge in [0.05, 0.1) is 0 Å². The van der Waals surface area contributed by atoms with Crippen molar-refractivity contribution in [1.82, 2.24) is 0 Å². The summed E-state index contributed by atoms with van der Waals surface area (Å²) in [5.74, 6) is 0.635. The quantitative estimate of drug-likeness (QED) is 0.555. The van der Waals surface area contributed by atoms with Crippen LogP contribution >= 0.6 is 11.6 Å². The second-order valence-electron chi connectivity index (χ2n) is 4.79. The molecule has 0 aliphatic heterocycles. The maximum absolute atomic E-state index is 9.28. The lowest BCUT2D eigenvalue weighted by atomic mass is 10.1. The minimum Gasteiger partial charge on any atom is -0.456 e. The highest BCUT2D eigenvalue weighted by molar-refractivity contribution is 6.30. The molecule has 0 fully saturated rings. The van der Waals surface area contributed by atoms with Gasteiger partial charge in [0.1, 0.15) is 16.7 Å². The van der Waals surface area contributed by atoms with E-state index in [9.17, 15) is 5.21 Å². The topological polar surface area (TPSA) is 45.7 Å². The SMILES string of the molecule is CCc1ccc2oc(-c3ccc(Cl)cc3)c/c(=N/O)c2c1. The largest absolute Gasteiger partial charge is 0.456 e. The third kappa shape index (κ3) is 2.65. The molecule has 0 radical (unpaired) electrons. The minimum atomic E-state index is 0.497. The van der Waals surface area contributed by atoms with Crippen LogP contribution in [0.1, 0.15) is 12.5 Å². The summed E-state index contributed by atoms with van der Waals surface area (Å²) >= 11 is 5.90. The minimum absolute atomic E-state index is 0.497. The fourth-order valence-electron chi connectivity index (χ4n) is 2.28. The lowest BCUT2D eigenvalue weighted by molar-refractivity contribution is 0.302. The Labute approximate surface area is 127 Å². The molecule has 1 aromatic heterocycles. The summed E-state index contributed by atoms with van der Waals surface area (Å²) in [6.45, 7) is 2.08. The van der Waals surface area contributed by atoms with Crippen molar-refractivity contribution in [3.63, 3.8) is 0 Å². The average molecular weight is 300 g/mol. The fourth-order valence-corrected chi connectivity index (χ4v) is 2.40. The summed E-state index contributed by atoms with van der Waals surface area (Å²) in [7, 11) is 0. The van der Waals surface area contributed by atoms with E-state index in [-0.39, 0.29) is 0 Å². The highest BCUT2D eigenvalue weighted by atomic mass is 35.5. The van der Waals surface area contributed by atoms with Gasteiger partial charge in [-0.2, -0.15) is 0 Å². The molecule has 0 unspecified atom stereocenters. The van der Waals surface area contributed by atoms with Crippen molar-refractivity contribution < 1.29 is 9.62 Å². The number of halogens is 1. The van der Waals surface area contributed by atoms with Crippen molar-refractivity contribution in [3.05, 3.63) is 64.5 Å². The van der Waals surface area contributed by atoms with Crippen LogP contribution < -0.4 is 5.36 Å². The first-order valence-corrected chi connectivity index (χ1v) is 7.10. The van der Waals surface area contributed by atoms with Gasteiger partial charge in [0.15, 0.2) is 0 Å². The third-order valence-electron chi connectivity index (χ3n) is 3.45. The highest BCUT2D eigenvalue weighted by Gasteiger charge is 2.07. The predicted octanol–water partition coefficient (Wildman–Crippen LogP) is 4.61. The van der Waals surface area contributed by atoms with Crippen molar-refractivity contribution in [2.45, 2.75) is 13.3 Å². The summed E-state index contributed by atoms with van der Waals surface area (Å²) in [5.41, 5.74) is 2.74. The second-order valence-corrected chi connectivity index (χ2v) is 5.22. The molecular formula is C17H14ClNO2. The Morgan fingerprint density at radius 1 is 1.10 bits per heavy atom. The van der Waals surface area contributed by atoms with Crippen molar-refractivity contribution in [3.8, 4) is 11.3 Å². The predicted molar refractivity (Wildman–Crippen MR) is 83.4 cm³/mol. The maximum Gasteiger partial charge on any atom is 0.137 e. The normalized spacial score (nSPS) is 12.0. The van der Waals surface area contributed by atoms with Gasteiger partial charge in [0, 0.05) is 22.0 Å². The molecule has 0 aliphatic rings. The Morgan fingerprint density at radius 3 is 2.52 bits per heavy atom. The van der Waals surface area contributed by atoms with Crippen LogP contribution in [0.15, 0.2) is 58.1 Å². The molecule has 21 heavy (non-hydrogen) atoms. The van der Waals surface area contributed by atoms with Gasteiger partial charge >= 0.3 is 0 Å². The smallest absolute Gasteiger partial charge is 0.137 e. The van der Waals surface area contributed by atoms with Crippen molar-refractivity contribution in [2.24, 2.45) is 5.16 Å². The Balaban J connectivity index is 2.25. The lowest BCUT2D eigenvalue weighted by Gasteiger charge is -2.06. The van der Waals surface area contributed by atoms with E-state index in [1.54, 1.807) is 18.2 Å². The molecule has 2 aromatic carbocycles. The summed E-state index contributed by atoms with van der Waals surface area (Å²) in [6, 6.07) is 15.0. The molecule has 0 saturated carbocycles. The van der Waals surface area contributed by atoms with Crippen LogP contribution in [0, 0.1) is 0 Å². The Hall–Kier alpha value is -2.26. The van der Waals surface area contributed by atoms with Crippen molar-refractivity contribution >= 4 is 22.6 Å².